The van der Waals surface area contributed by atoms with Crippen LogP contribution in [0.15, 0.2) is 0 Å². The van der Waals surface area contributed by atoms with Gasteiger partial charge in [0.25, 0.3) is 4.82 Å². The van der Waals surface area contributed by atoms with Crippen LogP contribution >= 0.6 is 15.9 Å². The summed E-state index contributed by atoms with van der Waals surface area (Å²) < 4.78 is 0. The standard InChI is InChI=1S/C8H16BrNO/c1-4-6-10(8(9)11)7(3)5-2/h7H,4-6H2,1-3H3. The molecule has 0 rings (SSSR count). The molecule has 0 aromatic heterocycles. The molecule has 0 heterocycles. The van der Waals surface area contributed by atoms with E-state index in [0.717, 1.165) is 19.4 Å². The summed E-state index contributed by atoms with van der Waals surface area (Å²) in [6.45, 7) is 7.07. The van der Waals surface area contributed by atoms with Gasteiger partial charge in [0.05, 0.1) is 0 Å². The van der Waals surface area contributed by atoms with Crippen LogP contribution in [0.4, 0.5) is 4.79 Å². The Balaban J connectivity index is 3.97. The maximum absolute atomic E-state index is 11.0. The maximum atomic E-state index is 11.0. The van der Waals surface area contributed by atoms with Crippen molar-refractivity contribution in [1.29, 1.82) is 0 Å². The number of nitrogens with zero attached hydrogens (tertiary/aromatic N) is 1. The minimum Gasteiger partial charge on any atom is -0.331 e. The fraction of sp³-hybridized carbons (Fsp3) is 0.875. The maximum Gasteiger partial charge on any atom is 0.289 e. The fourth-order valence-corrected chi connectivity index (χ4v) is 1.47. The van der Waals surface area contributed by atoms with Crippen LogP contribution in [0.2, 0.25) is 0 Å². The molecule has 0 bridgehead atoms. The van der Waals surface area contributed by atoms with E-state index in [2.05, 4.69) is 36.7 Å². The first-order valence-corrected chi connectivity index (χ1v) is 4.88. The van der Waals surface area contributed by atoms with Crippen LogP contribution in [0.25, 0.3) is 0 Å². The van der Waals surface area contributed by atoms with Crippen molar-refractivity contribution >= 4 is 20.7 Å². The van der Waals surface area contributed by atoms with Crippen LogP contribution in [0.5, 0.6) is 0 Å². The zero-order valence-electron chi connectivity index (χ0n) is 7.43. The quantitative estimate of drug-likeness (QED) is 0.528. The molecule has 3 heteroatoms. The third-order valence-electron chi connectivity index (χ3n) is 1.81. The number of hydrogen-bond donors (Lipinski definition) is 0. The minimum absolute atomic E-state index is 0.00806. The summed E-state index contributed by atoms with van der Waals surface area (Å²) in [6.07, 6.45) is 2.03. The highest BCUT2D eigenvalue weighted by Crippen LogP contribution is 2.08. The van der Waals surface area contributed by atoms with Crippen LogP contribution in [0.1, 0.15) is 33.6 Å². The highest BCUT2D eigenvalue weighted by molar-refractivity contribution is 9.18. The van der Waals surface area contributed by atoms with Gasteiger partial charge < -0.3 is 4.90 Å². The zero-order chi connectivity index (χ0) is 8.85. The molecule has 0 aliphatic carbocycles. The summed E-state index contributed by atoms with van der Waals surface area (Å²) in [4.78, 5) is 12.8. The van der Waals surface area contributed by atoms with Crippen molar-refractivity contribution in [3.05, 3.63) is 0 Å². The van der Waals surface area contributed by atoms with Gasteiger partial charge in [-0.3, -0.25) is 4.79 Å². The second-order valence-electron chi connectivity index (χ2n) is 2.70. The van der Waals surface area contributed by atoms with E-state index in [0.29, 0.717) is 6.04 Å². The molecule has 2 nitrogen and oxygen atoms in total. The highest BCUT2D eigenvalue weighted by Gasteiger charge is 2.14. The summed E-state index contributed by atoms with van der Waals surface area (Å²) in [5.41, 5.74) is 0. The van der Waals surface area contributed by atoms with Crippen LogP contribution in [-0.4, -0.2) is 22.3 Å². The molecule has 0 radical (unpaired) electrons. The monoisotopic (exact) mass is 221 g/mol. The minimum atomic E-state index is 0.00806. The van der Waals surface area contributed by atoms with Gasteiger partial charge in [-0.05, 0) is 19.8 Å². The Bertz CT molecular complexity index is 127. The smallest absolute Gasteiger partial charge is 0.289 e. The van der Waals surface area contributed by atoms with E-state index in [9.17, 15) is 4.79 Å². The molecule has 0 aliphatic rings. The molecule has 0 fully saturated rings. The molecule has 0 saturated heterocycles. The van der Waals surface area contributed by atoms with Crippen molar-refractivity contribution in [1.82, 2.24) is 4.90 Å². The van der Waals surface area contributed by atoms with Gasteiger partial charge in [-0.25, -0.2) is 0 Å². The van der Waals surface area contributed by atoms with Gasteiger partial charge >= 0.3 is 0 Å². The predicted octanol–water partition coefficient (Wildman–Crippen LogP) is 3.01. The molecule has 0 N–H and O–H groups in total. The average molecular weight is 222 g/mol. The summed E-state index contributed by atoms with van der Waals surface area (Å²) in [5.74, 6) is 0. The molecule has 0 spiro atoms. The van der Waals surface area contributed by atoms with Crippen molar-refractivity contribution in [2.75, 3.05) is 6.54 Å². The third-order valence-corrected chi connectivity index (χ3v) is 2.27. The predicted molar refractivity (Wildman–Crippen MR) is 51.1 cm³/mol. The lowest BCUT2D eigenvalue weighted by Gasteiger charge is -2.25. The summed E-state index contributed by atoms with van der Waals surface area (Å²) in [5, 5.41) is 0. The number of halogens is 1. The van der Waals surface area contributed by atoms with Crippen molar-refractivity contribution in [3.63, 3.8) is 0 Å². The lowest BCUT2D eigenvalue weighted by molar-refractivity contribution is 0.203. The second kappa shape index (κ2) is 5.58. The summed E-state index contributed by atoms with van der Waals surface area (Å²) in [6, 6.07) is 0.349. The van der Waals surface area contributed by atoms with E-state index in [1.54, 1.807) is 0 Å². The SMILES string of the molecule is CCCN(C(=O)Br)C(C)CC. The van der Waals surface area contributed by atoms with Crippen LogP contribution in [0.3, 0.4) is 0 Å². The van der Waals surface area contributed by atoms with Crippen molar-refractivity contribution in [2.24, 2.45) is 0 Å². The molecular weight excluding hydrogens is 206 g/mol. The van der Waals surface area contributed by atoms with Crippen LogP contribution < -0.4 is 0 Å². The Hall–Kier alpha value is -0.0500. The average Bonchev–Trinajstić information content (AvgIpc) is 1.98. The lowest BCUT2D eigenvalue weighted by Crippen LogP contribution is -2.35. The molecule has 0 saturated carbocycles. The lowest BCUT2D eigenvalue weighted by atomic mass is 10.2. The largest absolute Gasteiger partial charge is 0.331 e. The number of carbonyl (C=O) groups excluding carboxylic acids is 1. The van der Waals surface area contributed by atoms with Crippen molar-refractivity contribution < 1.29 is 4.79 Å². The van der Waals surface area contributed by atoms with Gasteiger partial charge in [-0.15, -0.1) is 0 Å². The summed E-state index contributed by atoms with van der Waals surface area (Å²) >= 11 is 2.97. The number of hydrogen-bond acceptors (Lipinski definition) is 1. The molecule has 0 aliphatic heterocycles. The first-order chi connectivity index (χ1) is 5.13. The first-order valence-electron chi connectivity index (χ1n) is 4.09. The topological polar surface area (TPSA) is 20.3 Å². The van der Waals surface area contributed by atoms with Crippen LogP contribution in [0, 0.1) is 0 Å². The van der Waals surface area contributed by atoms with Gasteiger partial charge in [0.1, 0.15) is 0 Å². The molecule has 11 heavy (non-hydrogen) atoms. The Kier molecular flexibility index (Phi) is 5.56. The Labute approximate surface area is 77.1 Å². The van der Waals surface area contributed by atoms with Gasteiger partial charge in [0, 0.05) is 28.5 Å². The Morgan fingerprint density at radius 2 is 2.09 bits per heavy atom. The third kappa shape index (κ3) is 3.75. The van der Waals surface area contributed by atoms with Crippen LogP contribution in [-0.2, 0) is 0 Å². The molecule has 0 aromatic carbocycles. The van der Waals surface area contributed by atoms with E-state index in [4.69, 9.17) is 0 Å². The van der Waals surface area contributed by atoms with E-state index in [-0.39, 0.29) is 4.82 Å². The van der Waals surface area contributed by atoms with Gasteiger partial charge in [-0.1, -0.05) is 13.8 Å². The van der Waals surface area contributed by atoms with Gasteiger partial charge in [0.15, 0.2) is 0 Å². The Morgan fingerprint density at radius 1 is 1.55 bits per heavy atom. The van der Waals surface area contributed by atoms with E-state index >= 15 is 0 Å². The fourth-order valence-electron chi connectivity index (χ4n) is 0.943. The normalized spacial score (nSPS) is 12.7. The van der Waals surface area contributed by atoms with E-state index in [1.165, 1.54) is 0 Å². The molecule has 1 atom stereocenters. The molecular formula is C8H16BrNO. The summed E-state index contributed by atoms with van der Waals surface area (Å²) in [7, 11) is 0. The molecule has 1 unspecified atom stereocenters. The number of rotatable bonds is 4. The highest BCUT2D eigenvalue weighted by atomic mass is 79.9. The number of carbonyl (C=O) groups is 1. The Morgan fingerprint density at radius 3 is 2.36 bits per heavy atom. The van der Waals surface area contributed by atoms with Gasteiger partial charge in [-0.2, -0.15) is 0 Å². The van der Waals surface area contributed by atoms with E-state index in [1.807, 2.05) is 4.90 Å². The second-order valence-corrected chi connectivity index (χ2v) is 3.38. The first kappa shape index (κ1) is 11.0. The zero-order valence-corrected chi connectivity index (χ0v) is 9.02. The van der Waals surface area contributed by atoms with E-state index < -0.39 is 0 Å². The molecule has 66 valence electrons. The number of amides is 1. The van der Waals surface area contributed by atoms with Crippen molar-refractivity contribution in [2.45, 2.75) is 39.7 Å². The molecule has 1 amide bonds. The van der Waals surface area contributed by atoms with Crippen molar-refractivity contribution in [3.8, 4) is 0 Å². The van der Waals surface area contributed by atoms with Gasteiger partial charge in [0.2, 0.25) is 0 Å². The molecule has 0 aromatic rings.